The monoisotopic (exact) mass is 453 g/mol. The molecule has 172 valence electrons. The molecule has 4 rings (SSSR count). The number of amides is 1. The minimum atomic E-state index is -0.950. The molecule has 0 saturated carbocycles. The number of nitrogens with zero attached hydrogens (tertiary/aromatic N) is 2. The molecule has 33 heavy (non-hydrogen) atoms. The number of carboxylic acids is 1. The minimum Gasteiger partial charge on any atom is -0.481 e. The molecule has 1 saturated heterocycles. The second-order valence-electron chi connectivity index (χ2n) is 7.91. The molecule has 2 N–H and O–H groups in total. The smallest absolute Gasteiger partial charge is 0.412 e. The molecular formula is C24H24FN3O5. The number of hydrogen-bond donors (Lipinski definition) is 2. The molecule has 1 aliphatic rings. The summed E-state index contributed by atoms with van der Waals surface area (Å²) < 4.78 is 24.7. The lowest BCUT2D eigenvalue weighted by atomic mass is 9.96. The van der Waals surface area contributed by atoms with Gasteiger partial charge in [0.05, 0.1) is 5.92 Å². The van der Waals surface area contributed by atoms with Gasteiger partial charge in [-0.1, -0.05) is 30.3 Å². The van der Waals surface area contributed by atoms with E-state index in [0.29, 0.717) is 31.5 Å². The maximum absolute atomic E-state index is 14.3. The van der Waals surface area contributed by atoms with E-state index in [0.717, 1.165) is 11.3 Å². The fourth-order valence-corrected chi connectivity index (χ4v) is 3.87. The van der Waals surface area contributed by atoms with E-state index in [4.69, 9.17) is 14.4 Å². The standard InChI is InChI=1S/C24H24FN3O5/c1-15(16-5-3-2-4-6-16)32-24(31)26-20-21(33-27-22(20)25)17-7-9-19(10-8-17)28-13-11-18(12-14-28)23(29)30/h2-10,15,18H,11-14H2,1H3,(H,26,31)(H,29,30). The molecule has 1 fully saturated rings. The number of carbonyl (C=O) groups excluding carboxylic acids is 1. The third-order valence-corrected chi connectivity index (χ3v) is 5.77. The van der Waals surface area contributed by atoms with Gasteiger partial charge >= 0.3 is 12.1 Å². The molecule has 8 nitrogen and oxygen atoms in total. The summed E-state index contributed by atoms with van der Waals surface area (Å²) >= 11 is 0. The Kier molecular flexibility index (Phi) is 6.58. The van der Waals surface area contributed by atoms with E-state index in [9.17, 15) is 14.0 Å². The van der Waals surface area contributed by atoms with Crippen LogP contribution in [0.5, 0.6) is 0 Å². The Bertz CT molecular complexity index is 1110. The topological polar surface area (TPSA) is 105 Å². The fourth-order valence-electron chi connectivity index (χ4n) is 3.87. The number of ether oxygens (including phenoxy) is 1. The molecule has 3 aromatic rings. The maximum Gasteiger partial charge on any atom is 0.412 e. The highest BCUT2D eigenvalue weighted by Crippen LogP contribution is 2.33. The maximum atomic E-state index is 14.3. The van der Waals surface area contributed by atoms with Gasteiger partial charge in [-0.25, -0.2) is 4.79 Å². The van der Waals surface area contributed by atoms with E-state index in [1.54, 1.807) is 19.1 Å². The number of benzene rings is 2. The number of nitrogens with one attached hydrogen (secondary N) is 1. The molecule has 9 heteroatoms. The van der Waals surface area contributed by atoms with Crippen molar-refractivity contribution >= 4 is 23.4 Å². The summed E-state index contributed by atoms with van der Waals surface area (Å²) in [7, 11) is 0. The number of hydrogen-bond acceptors (Lipinski definition) is 6. The summed E-state index contributed by atoms with van der Waals surface area (Å²) in [5.74, 6) is -1.94. The molecule has 1 aromatic heterocycles. The third kappa shape index (κ3) is 5.14. The molecule has 2 aromatic carbocycles. The molecule has 1 aliphatic heterocycles. The number of piperidine rings is 1. The molecule has 0 spiro atoms. The zero-order valence-corrected chi connectivity index (χ0v) is 18.0. The highest BCUT2D eigenvalue weighted by atomic mass is 19.1. The Balaban J connectivity index is 1.43. The van der Waals surface area contributed by atoms with Crippen molar-refractivity contribution in [1.82, 2.24) is 5.16 Å². The van der Waals surface area contributed by atoms with E-state index in [1.165, 1.54) is 0 Å². The van der Waals surface area contributed by atoms with Crippen LogP contribution in [0, 0.1) is 11.9 Å². The molecule has 2 heterocycles. The Morgan fingerprint density at radius 3 is 2.45 bits per heavy atom. The van der Waals surface area contributed by atoms with Crippen LogP contribution in [0.25, 0.3) is 11.3 Å². The van der Waals surface area contributed by atoms with Crippen LogP contribution in [0.3, 0.4) is 0 Å². The van der Waals surface area contributed by atoms with Crippen LogP contribution >= 0.6 is 0 Å². The van der Waals surface area contributed by atoms with Crippen molar-refractivity contribution in [1.29, 1.82) is 0 Å². The summed E-state index contributed by atoms with van der Waals surface area (Å²) in [6.07, 6.45) is -0.181. The van der Waals surface area contributed by atoms with Crippen molar-refractivity contribution in [2.24, 2.45) is 5.92 Å². The quantitative estimate of drug-likeness (QED) is 0.535. The van der Waals surface area contributed by atoms with Gasteiger partial charge in [0.1, 0.15) is 11.8 Å². The number of aliphatic carboxylic acids is 1. The highest BCUT2D eigenvalue weighted by molar-refractivity contribution is 5.90. The van der Waals surface area contributed by atoms with Gasteiger partial charge in [-0.3, -0.25) is 10.1 Å². The number of carboxylic acid groups (broad SMARTS) is 1. The van der Waals surface area contributed by atoms with Gasteiger partial charge in [0, 0.05) is 24.3 Å². The van der Waals surface area contributed by atoms with Gasteiger partial charge in [-0.15, -0.1) is 0 Å². The zero-order chi connectivity index (χ0) is 23.4. The number of anilines is 2. The van der Waals surface area contributed by atoms with Crippen molar-refractivity contribution in [3.8, 4) is 11.3 Å². The first kappa shape index (κ1) is 22.3. The molecular weight excluding hydrogens is 429 g/mol. The van der Waals surface area contributed by atoms with Crippen LogP contribution in [0.15, 0.2) is 59.1 Å². The zero-order valence-electron chi connectivity index (χ0n) is 18.0. The summed E-state index contributed by atoms with van der Waals surface area (Å²) in [5.41, 5.74) is 2.06. The molecule has 1 unspecified atom stereocenters. The molecule has 1 atom stereocenters. The Morgan fingerprint density at radius 2 is 1.82 bits per heavy atom. The SMILES string of the molecule is CC(OC(=O)Nc1c(F)noc1-c1ccc(N2CCC(C(=O)O)CC2)cc1)c1ccccc1. The summed E-state index contributed by atoms with van der Waals surface area (Å²) in [4.78, 5) is 25.6. The van der Waals surface area contributed by atoms with Crippen molar-refractivity contribution in [3.05, 3.63) is 66.1 Å². The number of rotatable bonds is 6. The Labute approximate surface area is 189 Å². The third-order valence-electron chi connectivity index (χ3n) is 5.77. The Morgan fingerprint density at radius 1 is 1.15 bits per heavy atom. The molecule has 0 radical (unpaired) electrons. The average molecular weight is 453 g/mol. The molecule has 1 amide bonds. The van der Waals surface area contributed by atoms with Crippen LogP contribution < -0.4 is 10.2 Å². The summed E-state index contributed by atoms with van der Waals surface area (Å²) in [6, 6.07) is 16.4. The van der Waals surface area contributed by atoms with Crippen molar-refractivity contribution in [2.75, 3.05) is 23.3 Å². The van der Waals surface area contributed by atoms with Crippen molar-refractivity contribution in [2.45, 2.75) is 25.9 Å². The summed E-state index contributed by atoms with van der Waals surface area (Å²) in [5, 5.41) is 14.9. The van der Waals surface area contributed by atoms with Gasteiger partial charge in [-0.2, -0.15) is 4.39 Å². The number of halogens is 1. The van der Waals surface area contributed by atoms with E-state index in [2.05, 4.69) is 15.4 Å². The van der Waals surface area contributed by atoms with Gasteiger partial charge in [0.2, 0.25) is 0 Å². The average Bonchev–Trinajstić information content (AvgIpc) is 3.19. The van der Waals surface area contributed by atoms with Gasteiger partial charge < -0.3 is 19.3 Å². The van der Waals surface area contributed by atoms with Crippen LogP contribution in [0.2, 0.25) is 0 Å². The van der Waals surface area contributed by atoms with E-state index in [-0.39, 0.29) is 17.4 Å². The normalized spacial score (nSPS) is 15.2. The van der Waals surface area contributed by atoms with Gasteiger partial charge in [-0.05, 0) is 54.8 Å². The first-order chi connectivity index (χ1) is 15.9. The highest BCUT2D eigenvalue weighted by Gasteiger charge is 2.25. The van der Waals surface area contributed by atoms with Crippen molar-refractivity contribution in [3.63, 3.8) is 0 Å². The second kappa shape index (κ2) is 9.72. The van der Waals surface area contributed by atoms with Gasteiger partial charge in [0.15, 0.2) is 5.76 Å². The predicted octanol–water partition coefficient (Wildman–Crippen LogP) is 5.09. The van der Waals surface area contributed by atoms with E-state index < -0.39 is 24.1 Å². The van der Waals surface area contributed by atoms with Crippen LogP contribution in [-0.4, -0.2) is 35.4 Å². The fraction of sp³-hybridized carbons (Fsp3) is 0.292. The lowest BCUT2D eigenvalue weighted by Gasteiger charge is -2.32. The largest absolute Gasteiger partial charge is 0.481 e. The predicted molar refractivity (Wildman–Crippen MR) is 119 cm³/mol. The minimum absolute atomic E-state index is 0.0768. The molecule has 0 bridgehead atoms. The van der Waals surface area contributed by atoms with Crippen LogP contribution in [-0.2, 0) is 9.53 Å². The van der Waals surface area contributed by atoms with Crippen molar-refractivity contribution < 1.29 is 28.3 Å². The summed E-state index contributed by atoms with van der Waals surface area (Å²) in [6.45, 7) is 3.01. The van der Waals surface area contributed by atoms with E-state index in [1.807, 2.05) is 42.5 Å². The van der Waals surface area contributed by atoms with Crippen LogP contribution in [0.4, 0.5) is 20.6 Å². The second-order valence-corrected chi connectivity index (χ2v) is 7.91. The Hall–Kier alpha value is -3.88. The van der Waals surface area contributed by atoms with Gasteiger partial charge in [0.25, 0.3) is 5.95 Å². The first-order valence-corrected chi connectivity index (χ1v) is 10.7. The lowest BCUT2D eigenvalue weighted by Crippen LogP contribution is -2.36. The van der Waals surface area contributed by atoms with Crippen LogP contribution in [0.1, 0.15) is 31.4 Å². The first-order valence-electron chi connectivity index (χ1n) is 10.7. The van der Waals surface area contributed by atoms with E-state index >= 15 is 0 Å². The lowest BCUT2D eigenvalue weighted by molar-refractivity contribution is -0.142. The number of aromatic nitrogens is 1. The molecule has 0 aliphatic carbocycles. The number of carbonyl (C=O) groups is 2.